The van der Waals surface area contributed by atoms with E-state index in [4.69, 9.17) is 4.74 Å². The molecule has 8 heteroatoms. The molecule has 1 aromatic carbocycles. The van der Waals surface area contributed by atoms with E-state index in [9.17, 15) is 4.79 Å². The zero-order valence-corrected chi connectivity index (χ0v) is 16.4. The Balaban J connectivity index is 1.39. The summed E-state index contributed by atoms with van der Waals surface area (Å²) < 4.78 is 7.11. The second-order valence-corrected chi connectivity index (χ2v) is 7.03. The van der Waals surface area contributed by atoms with Crippen LogP contribution in [0.1, 0.15) is 17.1 Å². The fraction of sp³-hybridized carbons (Fsp3) is 0.400. The van der Waals surface area contributed by atoms with Crippen LogP contribution in [0.4, 0.5) is 5.82 Å². The van der Waals surface area contributed by atoms with Gasteiger partial charge in [0.05, 0.1) is 13.5 Å². The molecule has 0 spiro atoms. The molecule has 0 radical (unpaired) electrons. The van der Waals surface area contributed by atoms with Crippen molar-refractivity contribution in [3.8, 4) is 5.75 Å². The molecule has 1 amide bonds. The number of carbonyl (C=O) groups is 1. The Morgan fingerprint density at radius 1 is 1.07 bits per heavy atom. The number of hydrogen-bond donors (Lipinski definition) is 0. The van der Waals surface area contributed by atoms with Gasteiger partial charge in [-0.3, -0.25) is 9.20 Å². The van der Waals surface area contributed by atoms with Gasteiger partial charge in [0.25, 0.3) is 5.78 Å². The molecule has 1 aliphatic heterocycles. The van der Waals surface area contributed by atoms with Gasteiger partial charge in [0.1, 0.15) is 17.4 Å². The molecule has 1 saturated heterocycles. The summed E-state index contributed by atoms with van der Waals surface area (Å²) in [6.45, 7) is 6.83. The molecular formula is C20H24N6O2. The van der Waals surface area contributed by atoms with Gasteiger partial charge < -0.3 is 14.5 Å². The standard InChI is InChI=1S/C20H24N6O2/c1-14-12-18(21-20-23-22-15(2)26(14)20)24-8-10-25(11-9-24)19(27)13-16-4-6-17(28-3)7-5-16/h4-7,12H,8-11,13H2,1-3H3. The molecule has 0 unspecified atom stereocenters. The van der Waals surface area contributed by atoms with Crippen LogP contribution in [0.3, 0.4) is 0 Å². The highest BCUT2D eigenvalue weighted by Gasteiger charge is 2.23. The molecule has 3 heterocycles. The molecule has 4 rings (SSSR count). The van der Waals surface area contributed by atoms with Crippen LogP contribution in [0.5, 0.6) is 5.75 Å². The number of aryl methyl sites for hydroxylation is 2. The van der Waals surface area contributed by atoms with E-state index in [1.807, 2.05) is 47.4 Å². The van der Waals surface area contributed by atoms with Gasteiger partial charge in [-0.25, -0.2) is 0 Å². The molecule has 2 aromatic heterocycles. The number of aromatic nitrogens is 4. The van der Waals surface area contributed by atoms with E-state index >= 15 is 0 Å². The maximum absolute atomic E-state index is 12.6. The molecule has 28 heavy (non-hydrogen) atoms. The second kappa shape index (κ2) is 7.46. The van der Waals surface area contributed by atoms with Gasteiger partial charge in [0, 0.05) is 37.9 Å². The molecular weight excluding hydrogens is 356 g/mol. The van der Waals surface area contributed by atoms with E-state index < -0.39 is 0 Å². The van der Waals surface area contributed by atoms with Crippen LogP contribution in [-0.4, -0.2) is 63.7 Å². The summed E-state index contributed by atoms with van der Waals surface area (Å²) in [5, 5.41) is 8.24. The molecule has 146 valence electrons. The highest BCUT2D eigenvalue weighted by molar-refractivity contribution is 5.79. The van der Waals surface area contributed by atoms with Crippen molar-refractivity contribution in [3.63, 3.8) is 0 Å². The van der Waals surface area contributed by atoms with Gasteiger partial charge in [-0.2, -0.15) is 4.98 Å². The molecule has 0 N–H and O–H groups in total. The molecule has 0 bridgehead atoms. The molecule has 0 aliphatic carbocycles. The first-order chi connectivity index (χ1) is 13.5. The number of hydrogen-bond acceptors (Lipinski definition) is 6. The minimum absolute atomic E-state index is 0.150. The van der Waals surface area contributed by atoms with Crippen LogP contribution in [0.15, 0.2) is 30.3 Å². The van der Waals surface area contributed by atoms with E-state index in [1.165, 1.54) is 0 Å². The number of fused-ring (bicyclic) bond motifs is 1. The Morgan fingerprint density at radius 2 is 1.79 bits per heavy atom. The van der Waals surface area contributed by atoms with Crippen molar-refractivity contribution in [1.82, 2.24) is 24.5 Å². The van der Waals surface area contributed by atoms with E-state index in [0.29, 0.717) is 25.3 Å². The fourth-order valence-electron chi connectivity index (χ4n) is 3.60. The number of amides is 1. The van der Waals surface area contributed by atoms with Gasteiger partial charge in [0.2, 0.25) is 5.91 Å². The van der Waals surface area contributed by atoms with Gasteiger partial charge in [-0.05, 0) is 31.5 Å². The number of nitrogens with zero attached hydrogens (tertiary/aromatic N) is 6. The van der Waals surface area contributed by atoms with Crippen molar-refractivity contribution >= 4 is 17.5 Å². The number of methoxy groups -OCH3 is 1. The maximum Gasteiger partial charge on any atom is 0.257 e. The number of anilines is 1. The highest BCUT2D eigenvalue weighted by atomic mass is 16.5. The second-order valence-electron chi connectivity index (χ2n) is 7.03. The normalized spacial score (nSPS) is 14.5. The van der Waals surface area contributed by atoms with Crippen molar-refractivity contribution in [2.45, 2.75) is 20.3 Å². The van der Waals surface area contributed by atoms with Gasteiger partial charge in [-0.1, -0.05) is 12.1 Å². The Hall–Kier alpha value is -3.16. The number of benzene rings is 1. The first-order valence-electron chi connectivity index (χ1n) is 9.40. The van der Waals surface area contributed by atoms with Gasteiger partial charge in [-0.15, -0.1) is 10.2 Å². The molecule has 1 fully saturated rings. The largest absolute Gasteiger partial charge is 0.497 e. The summed E-state index contributed by atoms with van der Waals surface area (Å²) >= 11 is 0. The Bertz CT molecular complexity index is 990. The van der Waals surface area contributed by atoms with Crippen LogP contribution in [0.2, 0.25) is 0 Å². The lowest BCUT2D eigenvalue weighted by atomic mass is 10.1. The van der Waals surface area contributed by atoms with Crippen LogP contribution in [-0.2, 0) is 11.2 Å². The number of rotatable bonds is 4. The average Bonchev–Trinajstić information content (AvgIpc) is 3.10. The maximum atomic E-state index is 12.6. The van der Waals surface area contributed by atoms with Gasteiger partial charge >= 0.3 is 0 Å². The SMILES string of the molecule is COc1ccc(CC(=O)N2CCN(c3cc(C)n4c(C)nnc4n3)CC2)cc1. The van der Waals surface area contributed by atoms with E-state index in [1.54, 1.807) is 7.11 Å². The Labute approximate surface area is 163 Å². The Kier molecular flexibility index (Phi) is 4.85. The van der Waals surface area contributed by atoms with Crippen molar-refractivity contribution in [1.29, 1.82) is 0 Å². The van der Waals surface area contributed by atoms with Crippen LogP contribution in [0.25, 0.3) is 5.78 Å². The summed E-state index contributed by atoms with van der Waals surface area (Å²) in [6.07, 6.45) is 0.409. The lowest BCUT2D eigenvalue weighted by Crippen LogP contribution is -2.49. The summed E-state index contributed by atoms with van der Waals surface area (Å²) in [6, 6.07) is 9.71. The zero-order valence-electron chi connectivity index (χ0n) is 16.4. The average molecular weight is 380 g/mol. The Morgan fingerprint density at radius 3 is 2.46 bits per heavy atom. The predicted molar refractivity (Wildman–Crippen MR) is 106 cm³/mol. The molecule has 3 aromatic rings. The third-order valence-electron chi connectivity index (χ3n) is 5.18. The van der Waals surface area contributed by atoms with Crippen molar-refractivity contribution < 1.29 is 9.53 Å². The molecule has 8 nitrogen and oxygen atoms in total. The molecule has 0 atom stereocenters. The van der Waals surface area contributed by atoms with E-state index in [2.05, 4.69) is 26.1 Å². The fourth-order valence-corrected chi connectivity index (χ4v) is 3.60. The minimum atomic E-state index is 0.150. The van der Waals surface area contributed by atoms with Crippen molar-refractivity contribution in [3.05, 3.63) is 47.4 Å². The third-order valence-corrected chi connectivity index (χ3v) is 5.18. The summed E-state index contributed by atoms with van der Waals surface area (Å²) in [5.74, 6) is 3.29. The highest BCUT2D eigenvalue weighted by Crippen LogP contribution is 2.18. The van der Waals surface area contributed by atoms with E-state index in [-0.39, 0.29) is 5.91 Å². The smallest absolute Gasteiger partial charge is 0.257 e. The lowest BCUT2D eigenvalue weighted by molar-refractivity contribution is -0.130. The summed E-state index contributed by atoms with van der Waals surface area (Å²) in [4.78, 5) is 21.4. The van der Waals surface area contributed by atoms with Gasteiger partial charge in [0.15, 0.2) is 0 Å². The zero-order chi connectivity index (χ0) is 19.7. The predicted octanol–water partition coefficient (Wildman–Crippen LogP) is 1.64. The number of carbonyl (C=O) groups excluding carboxylic acids is 1. The third kappa shape index (κ3) is 3.49. The molecule has 0 saturated carbocycles. The van der Waals surface area contributed by atoms with Crippen LogP contribution in [0, 0.1) is 13.8 Å². The molecule has 1 aliphatic rings. The number of piperazine rings is 1. The van der Waals surface area contributed by atoms with Crippen LogP contribution < -0.4 is 9.64 Å². The first kappa shape index (κ1) is 18.2. The minimum Gasteiger partial charge on any atom is -0.497 e. The first-order valence-corrected chi connectivity index (χ1v) is 9.40. The monoisotopic (exact) mass is 380 g/mol. The topological polar surface area (TPSA) is 75.9 Å². The van der Waals surface area contributed by atoms with Crippen molar-refractivity contribution in [2.24, 2.45) is 0 Å². The van der Waals surface area contributed by atoms with E-state index in [0.717, 1.165) is 41.7 Å². The quantitative estimate of drug-likeness (QED) is 0.685. The summed E-state index contributed by atoms with van der Waals surface area (Å²) in [5.41, 5.74) is 2.05. The van der Waals surface area contributed by atoms with Crippen LogP contribution >= 0.6 is 0 Å². The lowest BCUT2D eigenvalue weighted by Gasteiger charge is -2.35. The van der Waals surface area contributed by atoms with Crippen molar-refractivity contribution in [2.75, 3.05) is 38.2 Å². The number of ether oxygens (including phenoxy) is 1. The summed E-state index contributed by atoms with van der Waals surface area (Å²) in [7, 11) is 1.64.